The van der Waals surface area contributed by atoms with E-state index >= 15 is 0 Å². The maximum Gasteiger partial charge on any atom is 0.160 e. The summed E-state index contributed by atoms with van der Waals surface area (Å²) in [5, 5.41) is 5.12. The summed E-state index contributed by atoms with van der Waals surface area (Å²) in [4.78, 5) is 13.6. The highest BCUT2D eigenvalue weighted by Crippen LogP contribution is 2.35. The van der Waals surface area contributed by atoms with E-state index in [0.717, 1.165) is 26.1 Å². The van der Waals surface area contributed by atoms with E-state index in [0.29, 0.717) is 11.6 Å². The molecule has 0 saturated heterocycles. The molecule has 20 heavy (non-hydrogen) atoms. The Kier molecular flexibility index (Phi) is 3.58. The molecule has 0 radical (unpaired) electrons. The largest absolute Gasteiger partial charge is 0.383 e. The van der Waals surface area contributed by atoms with E-state index in [-0.39, 0.29) is 0 Å². The van der Waals surface area contributed by atoms with Gasteiger partial charge in [-0.2, -0.15) is 5.10 Å². The lowest BCUT2D eigenvalue weighted by Crippen LogP contribution is -1.96. The highest BCUT2D eigenvalue weighted by Gasteiger charge is 2.11. The maximum atomic E-state index is 5.98. The van der Waals surface area contributed by atoms with Crippen LogP contribution in [0, 0.1) is 0 Å². The van der Waals surface area contributed by atoms with Crippen LogP contribution in [-0.4, -0.2) is 24.7 Å². The molecule has 3 rings (SSSR count). The molecule has 1 aromatic carbocycles. The van der Waals surface area contributed by atoms with Gasteiger partial charge in [-0.15, -0.1) is 11.8 Å². The lowest BCUT2D eigenvalue weighted by Gasteiger charge is -2.08. The molecule has 2 N–H and O–H groups in total. The van der Waals surface area contributed by atoms with Crippen molar-refractivity contribution in [3.63, 3.8) is 0 Å². The Balaban J connectivity index is 1.97. The van der Waals surface area contributed by atoms with Crippen molar-refractivity contribution in [1.82, 2.24) is 24.7 Å². The first-order valence-corrected chi connectivity index (χ1v) is 7.59. The fourth-order valence-electron chi connectivity index (χ4n) is 1.85. The van der Waals surface area contributed by atoms with Crippen LogP contribution in [0.1, 0.15) is 5.82 Å². The predicted octanol–water partition coefficient (Wildman–Crippen LogP) is 2.40. The summed E-state index contributed by atoms with van der Waals surface area (Å²) >= 11 is 5.10. The fraction of sp³-hybridized carbons (Fsp3) is 0.167. The average Bonchev–Trinajstić information content (AvgIpc) is 2.85. The number of nitrogen functional groups attached to an aromatic ring is 1. The van der Waals surface area contributed by atoms with Crippen molar-refractivity contribution in [2.45, 2.75) is 10.6 Å². The van der Waals surface area contributed by atoms with E-state index in [1.165, 1.54) is 6.33 Å². The van der Waals surface area contributed by atoms with Crippen molar-refractivity contribution in [2.75, 3.05) is 5.73 Å². The topological polar surface area (TPSA) is 82.5 Å². The highest BCUT2D eigenvalue weighted by molar-refractivity contribution is 9.10. The summed E-state index contributed by atoms with van der Waals surface area (Å²) in [6, 6.07) is 3.96. The molecule has 0 atom stereocenters. The minimum absolute atomic E-state index is 0.479. The number of anilines is 1. The molecule has 3 aromatic rings. The molecule has 2 heterocycles. The monoisotopic (exact) mass is 350 g/mol. The second-order valence-electron chi connectivity index (χ2n) is 4.15. The second kappa shape index (κ2) is 5.37. The normalized spacial score (nSPS) is 11.1. The lowest BCUT2D eigenvalue weighted by atomic mass is 10.2. The molecule has 0 saturated carbocycles. The molecule has 0 bridgehead atoms. The number of halogens is 1. The minimum Gasteiger partial charge on any atom is -0.383 e. The summed E-state index contributed by atoms with van der Waals surface area (Å²) in [5.74, 6) is 1.93. The molecule has 0 aliphatic heterocycles. The first-order valence-electron chi connectivity index (χ1n) is 5.81. The molecule has 2 aromatic heterocycles. The molecule has 0 unspecified atom stereocenters. The Morgan fingerprint density at radius 3 is 2.90 bits per heavy atom. The van der Waals surface area contributed by atoms with Crippen LogP contribution in [0.25, 0.3) is 10.9 Å². The van der Waals surface area contributed by atoms with E-state index < -0.39 is 0 Å². The summed E-state index contributed by atoms with van der Waals surface area (Å²) in [6.45, 7) is 0. The highest BCUT2D eigenvalue weighted by atomic mass is 79.9. The van der Waals surface area contributed by atoms with Crippen molar-refractivity contribution < 1.29 is 0 Å². The van der Waals surface area contributed by atoms with Gasteiger partial charge in [0.25, 0.3) is 0 Å². The number of hydrogen-bond donors (Lipinski definition) is 1. The SMILES string of the molecule is Cn1cnc(CSc2ccc(Br)c3ncnc(N)c23)n1. The third kappa shape index (κ3) is 2.48. The number of fused-ring (bicyclic) bond motifs is 1. The molecule has 8 heteroatoms. The Morgan fingerprint density at radius 2 is 2.15 bits per heavy atom. The van der Waals surface area contributed by atoms with Crippen LogP contribution in [0.5, 0.6) is 0 Å². The van der Waals surface area contributed by atoms with Gasteiger partial charge in [0.05, 0.1) is 16.7 Å². The number of rotatable bonds is 3. The van der Waals surface area contributed by atoms with Crippen LogP contribution < -0.4 is 5.73 Å². The van der Waals surface area contributed by atoms with Crippen LogP contribution >= 0.6 is 27.7 Å². The van der Waals surface area contributed by atoms with Gasteiger partial charge in [0.2, 0.25) is 0 Å². The molecular weight excluding hydrogens is 340 g/mol. The first kappa shape index (κ1) is 13.3. The summed E-state index contributed by atoms with van der Waals surface area (Å²) in [6.07, 6.45) is 3.16. The zero-order chi connectivity index (χ0) is 14.1. The summed E-state index contributed by atoms with van der Waals surface area (Å²) in [5.41, 5.74) is 6.79. The van der Waals surface area contributed by atoms with E-state index in [1.54, 1.807) is 22.8 Å². The van der Waals surface area contributed by atoms with Gasteiger partial charge in [0, 0.05) is 16.4 Å². The zero-order valence-corrected chi connectivity index (χ0v) is 13.0. The molecule has 0 aliphatic carbocycles. The van der Waals surface area contributed by atoms with Gasteiger partial charge in [-0.1, -0.05) is 0 Å². The number of thioether (sulfide) groups is 1. The van der Waals surface area contributed by atoms with E-state index in [2.05, 4.69) is 36.0 Å². The van der Waals surface area contributed by atoms with Gasteiger partial charge in [0.1, 0.15) is 18.5 Å². The zero-order valence-electron chi connectivity index (χ0n) is 10.6. The number of nitrogens with zero attached hydrogens (tertiary/aromatic N) is 5. The lowest BCUT2D eigenvalue weighted by molar-refractivity contribution is 0.754. The van der Waals surface area contributed by atoms with Crippen LogP contribution in [0.15, 0.2) is 34.2 Å². The molecule has 0 aliphatic rings. The van der Waals surface area contributed by atoms with Crippen LogP contribution in [0.3, 0.4) is 0 Å². The van der Waals surface area contributed by atoms with Gasteiger partial charge in [0.15, 0.2) is 5.82 Å². The van der Waals surface area contributed by atoms with Crippen molar-refractivity contribution in [1.29, 1.82) is 0 Å². The number of nitrogens with two attached hydrogens (primary N) is 1. The Hall–Kier alpha value is -1.67. The van der Waals surface area contributed by atoms with Gasteiger partial charge >= 0.3 is 0 Å². The van der Waals surface area contributed by atoms with Crippen LogP contribution in [-0.2, 0) is 12.8 Å². The quantitative estimate of drug-likeness (QED) is 0.730. The number of aromatic nitrogens is 5. The van der Waals surface area contributed by atoms with Crippen molar-refractivity contribution >= 4 is 44.4 Å². The Morgan fingerprint density at radius 1 is 1.30 bits per heavy atom. The summed E-state index contributed by atoms with van der Waals surface area (Å²) < 4.78 is 2.59. The number of benzene rings is 1. The van der Waals surface area contributed by atoms with Crippen molar-refractivity contribution in [2.24, 2.45) is 7.05 Å². The van der Waals surface area contributed by atoms with Gasteiger partial charge in [-0.25, -0.2) is 15.0 Å². The third-order valence-electron chi connectivity index (χ3n) is 2.73. The Bertz CT molecular complexity index is 772. The smallest absolute Gasteiger partial charge is 0.160 e. The number of hydrogen-bond acceptors (Lipinski definition) is 6. The second-order valence-corrected chi connectivity index (χ2v) is 6.02. The van der Waals surface area contributed by atoms with Gasteiger partial charge in [-0.3, -0.25) is 4.68 Å². The molecule has 0 spiro atoms. The fourth-order valence-corrected chi connectivity index (χ4v) is 3.21. The van der Waals surface area contributed by atoms with Crippen LogP contribution in [0.4, 0.5) is 5.82 Å². The first-order chi connectivity index (χ1) is 9.65. The minimum atomic E-state index is 0.479. The maximum absolute atomic E-state index is 5.98. The third-order valence-corrected chi connectivity index (χ3v) is 4.43. The molecule has 0 fully saturated rings. The molecular formula is C12H11BrN6S. The van der Waals surface area contributed by atoms with Gasteiger partial charge < -0.3 is 5.73 Å². The summed E-state index contributed by atoms with van der Waals surface area (Å²) in [7, 11) is 1.85. The Labute approximate surface area is 127 Å². The van der Waals surface area contributed by atoms with Crippen LogP contribution in [0.2, 0.25) is 0 Å². The van der Waals surface area contributed by atoms with Crippen molar-refractivity contribution in [3.05, 3.63) is 35.1 Å². The van der Waals surface area contributed by atoms with E-state index in [1.807, 2.05) is 19.2 Å². The van der Waals surface area contributed by atoms with Crippen molar-refractivity contribution in [3.8, 4) is 0 Å². The standard InChI is InChI=1S/C12H11BrN6S/c1-19-6-17-9(18-19)4-20-8-3-2-7(13)11-10(8)12(14)16-5-15-11/h2-3,5-6H,4H2,1H3,(H2,14,15,16). The molecule has 0 amide bonds. The molecule has 102 valence electrons. The van der Waals surface area contributed by atoms with Gasteiger partial charge in [-0.05, 0) is 28.1 Å². The number of aryl methyl sites for hydroxylation is 1. The predicted molar refractivity (Wildman–Crippen MR) is 82.2 cm³/mol. The molecule has 6 nitrogen and oxygen atoms in total. The van der Waals surface area contributed by atoms with E-state index in [9.17, 15) is 0 Å². The van der Waals surface area contributed by atoms with E-state index in [4.69, 9.17) is 5.73 Å². The average molecular weight is 351 g/mol.